The van der Waals surface area contributed by atoms with Gasteiger partial charge in [-0.05, 0) is 55.7 Å². The van der Waals surface area contributed by atoms with Crippen LogP contribution in [0.15, 0.2) is 52.3 Å². The molecule has 9 heteroatoms. The predicted octanol–water partition coefficient (Wildman–Crippen LogP) is 3.08. The molecule has 0 aromatic heterocycles. The van der Waals surface area contributed by atoms with E-state index in [9.17, 15) is 18.0 Å². The van der Waals surface area contributed by atoms with Crippen LogP contribution in [0.25, 0.3) is 0 Å². The Balaban J connectivity index is 1.41. The largest absolute Gasteiger partial charge is 0.326 e. The SMILES string of the molecule is Cc1cccc(NC(=O)C2CCN(S(=O)(=O)c3ccc4c(c3)NC(=O)CS4)CC2)c1. The summed E-state index contributed by atoms with van der Waals surface area (Å²) in [6.45, 7) is 2.53. The number of hydrogen-bond acceptors (Lipinski definition) is 5. The van der Waals surface area contributed by atoms with Crippen LogP contribution in [0.4, 0.5) is 11.4 Å². The van der Waals surface area contributed by atoms with Gasteiger partial charge < -0.3 is 10.6 Å². The van der Waals surface area contributed by atoms with Gasteiger partial charge in [-0.3, -0.25) is 9.59 Å². The summed E-state index contributed by atoms with van der Waals surface area (Å²) < 4.78 is 27.6. The van der Waals surface area contributed by atoms with Crippen LogP contribution >= 0.6 is 11.8 Å². The van der Waals surface area contributed by atoms with E-state index in [0.717, 1.165) is 16.1 Å². The molecule has 2 heterocycles. The van der Waals surface area contributed by atoms with E-state index in [2.05, 4.69) is 10.6 Å². The van der Waals surface area contributed by atoms with Crippen LogP contribution in [0, 0.1) is 12.8 Å². The smallest absolute Gasteiger partial charge is 0.243 e. The van der Waals surface area contributed by atoms with Crippen LogP contribution < -0.4 is 10.6 Å². The fraction of sp³-hybridized carbons (Fsp3) is 0.333. The van der Waals surface area contributed by atoms with Crippen molar-refractivity contribution in [2.45, 2.75) is 29.6 Å². The van der Waals surface area contributed by atoms with Crippen LogP contribution in [0.5, 0.6) is 0 Å². The summed E-state index contributed by atoms with van der Waals surface area (Å²) in [6, 6.07) is 12.4. The summed E-state index contributed by atoms with van der Waals surface area (Å²) in [5.41, 5.74) is 2.35. The number of amides is 2. The van der Waals surface area contributed by atoms with Gasteiger partial charge in [0.25, 0.3) is 0 Å². The van der Waals surface area contributed by atoms with Gasteiger partial charge in [-0.2, -0.15) is 4.31 Å². The maximum absolute atomic E-state index is 13.1. The maximum atomic E-state index is 13.1. The minimum Gasteiger partial charge on any atom is -0.326 e. The minimum absolute atomic E-state index is 0.0776. The van der Waals surface area contributed by atoms with Gasteiger partial charge in [-0.15, -0.1) is 11.8 Å². The number of aryl methyl sites for hydroxylation is 1. The highest BCUT2D eigenvalue weighted by Crippen LogP contribution is 2.34. The van der Waals surface area contributed by atoms with E-state index < -0.39 is 10.0 Å². The lowest BCUT2D eigenvalue weighted by atomic mass is 9.97. The van der Waals surface area contributed by atoms with Crippen LogP contribution in [0.1, 0.15) is 18.4 Å². The Bertz CT molecular complexity index is 1090. The lowest BCUT2D eigenvalue weighted by Crippen LogP contribution is -2.41. The summed E-state index contributed by atoms with van der Waals surface area (Å²) in [4.78, 5) is 25.2. The first-order valence-corrected chi connectivity index (χ1v) is 12.2. The third-order valence-electron chi connectivity index (χ3n) is 5.33. The molecule has 0 unspecified atom stereocenters. The zero-order chi connectivity index (χ0) is 21.3. The molecule has 2 N–H and O–H groups in total. The normalized spacial score (nSPS) is 17.8. The monoisotopic (exact) mass is 445 g/mol. The average Bonchev–Trinajstić information content (AvgIpc) is 2.73. The van der Waals surface area contributed by atoms with E-state index in [-0.39, 0.29) is 35.7 Å². The van der Waals surface area contributed by atoms with Gasteiger partial charge >= 0.3 is 0 Å². The lowest BCUT2D eigenvalue weighted by Gasteiger charge is -2.31. The first-order valence-electron chi connectivity index (χ1n) is 9.77. The lowest BCUT2D eigenvalue weighted by molar-refractivity contribution is -0.121. The van der Waals surface area contributed by atoms with Gasteiger partial charge in [0.15, 0.2) is 0 Å². The molecule has 30 heavy (non-hydrogen) atoms. The highest BCUT2D eigenvalue weighted by Gasteiger charge is 2.32. The summed E-state index contributed by atoms with van der Waals surface area (Å²) in [7, 11) is -3.69. The van der Waals surface area contributed by atoms with E-state index in [1.165, 1.54) is 22.1 Å². The van der Waals surface area contributed by atoms with Crippen LogP contribution in [0.3, 0.4) is 0 Å². The molecule has 0 atom stereocenters. The molecule has 2 aliphatic rings. The predicted molar refractivity (Wildman–Crippen MR) is 117 cm³/mol. The van der Waals surface area contributed by atoms with Crippen molar-refractivity contribution in [3.63, 3.8) is 0 Å². The second-order valence-corrected chi connectivity index (χ2v) is 10.5. The summed E-state index contributed by atoms with van der Waals surface area (Å²) in [5.74, 6) is -0.109. The molecule has 0 bridgehead atoms. The molecule has 0 saturated carbocycles. The van der Waals surface area contributed by atoms with Gasteiger partial charge in [-0.1, -0.05) is 12.1 Å². The summed E-state index contributed by atoms with van der Waals surface area (Å²) in [6.07, 6.45) is 0.933. The van der Waals surface area contributed by atoms with Crippen LogP contribution in [-0.4, -0.2) is 43.4 Å². The van der Waals surface area contributed by atoms with Crippen molar-refractivity contribution < 1.29 is 18.0 Å². The number of piperidine rings is 1. The fourth-order valence-corrected chi connectivity index (χ4v) is 5.98. The van der Waals surface area contributed by atoms with E-state index in [1.54, 1.807) is 12.1 Å². The summed E-state index contributed by atoms with van der Waals surface area (Å²) >= 11 is 1.39. The Morgan fingerprint density at radius 1 is 1.17 bits per heavy atom. The molecule has 0 spiro atoms. The average molecular weight is 446 g/mol. The van der Waals surface area contributed by atoms with Crippen molar-refractivity contribution >= 4 is 45.0 Å². The molecule has 1 fully saturated rings. The van der Waals surface area contributed by atoms with Gasteiger partial charge in [0.2, 0.25) is 21.8 Å². The highest BCUT2D eigenvalue weighted by atomic mass is 32.2. The Kier molecular flexibility index (Phi) is 5.86. The Morgan fingerprint density at radius 2 is 1.93 bits per heavy atom. The number of rotatable bonds is 4. The molecular formula is C21H23N3O4S2. The van der Waals surface area contributed by atoms with Crippen molar-refractivity contribution in [3.8, 4) is 0 Å². The highest BCUT2D eigenvalue weighted by molar-refractivity contribution is 8.00. The zero-order valence-corrected chi connectivity index (χ0v) is 18.2. The number of carbonyl (C=O) groups is 2. The molecule has 2 amide bonds. The van der Waals surface area contributed by atoms with Crippen molar-refractivity contribution in [2.75, 3.05) is 29.5 Å². The number of sulfonamides is 1. The van der Waals surface area contributed by atoms with Gasteiger partial charge in [0.1, 0.15) is 0 Å². The molecule has 158 valence electrons. The third-order valence-corrected chi connectivity index (χ3v) is 8.30. The first-order chi connectivity index (χ1) is 14.3. The summed E-state index contributed by atoms with van der Waals surface area (Å²) in [5, 5.41) is 5.66. The van der Waals surface area contributed by atoms with Crippen molar-refractivity contribution in [3.05, 3.63) is 48.0 Å². The van der Waals surface area contributed by atoms with Crippen molar-refractivity contribution in [1.82, 2.24) is 4.31 Å². The van der Waals surface area contributed by atoms with E-state index in [1.807, 2.05) is 31.2 Å². The number of anilines is 2. The number of nitrogens with zero attached hydrogens (tertiary/aromatic N) is 1. The number of benzene rings is 2. The quantitative estimate of drug-likeness (QED) is 0.754. The van der Waals surface area contributed by atoms with E-state index in [4.69, 9.17) is 0 Å². The molecule has 2 aliphatic heterocycles. The molecule has 4 rings (SSSR count). The molecule has 0 aliphatic carbocycles. The molecular weight excluding hydrogens is 422 g/mol. The molecule has 2 aromatic carbocycles. The molecule has 7 nitrogen and oxygen atoms in total. The molecule has 0 radical (unpaired) electrons. The number of nitrogens with one attached hydrogen (secondary N) is 2. The van der Waals surface area contributed by atoms with Gasteiger partial charge in [-0.25, -0.2) is 8.42 Å². The molecule has 1 saturated heterocycles. The minimum atomic E-state index is -3.69. The Hall–Kier alpha value is -2.36. The third kappa shape index (κ3) is 4.38. The maximum Gasteiger partial charge on any atom is 0.243 e. The fourth-order valence-electron chi connectivity index (χ4n) is 3.70. The van der Waals surface area contributed by atoms with Gasteiger partial charge in [0, 0.05) is 29.6 Å². The standard InChI is InChI=1S/C21H23N3O4S2/c1-14-3-2-4-16(11-14)22-21(26)15-7-9-24(10-8-15)30(27,28)17-5-6-19-18(12-17)23-20(25)13-29-19/h2-6,11-12,15H,7-10,13H2,1H3,(H,22,26)(H,23,25). The molecule has 2 aromatic rings. The number of hydrogen-bond donors (Lipinski definition) is 2. The number of fused-ring (bicyclic) bond motifs is 1. The topological polar surface area (TPSA) is 95.6 Å². The van der Waals surface area contributed by atoms with Crippen LogP contribution in [0.2, 0.25) is 0 Å². The second kappa shape index (κ2) is 8.41. The number of thioether (sulfide) groups is 1. The van der Waals surface area contributed by atoms with E-state index >= 15 is 0 Å². The van der Waals surface area contributed by atoms with Crippen molar-refractivity contribution in [2.24, 2.45) is 5.92 Å². The van der Waals surface area contributed by atoms with Gasteiger partial charge in [0.05, 0.1) is 16.3 Å². The first kappa shape index (κ1) is 20.9. The van der Waals surface area contributed by atoms with Crippen LogP contribution in [-0.2, 0) is 19.6 Å². The zero-order valence-electron chi connectivity index (χ0n) is 16.6. The van der Waals surface area contributed by atoms with E-state index in [0.29, 0.717) is 24.3 Å². The second-order valence-electron chi connectivity index (χ2n) is 7.53. The Labute approximate surface area is 180 Å². The Morgan fingerprint density at radius 3 is 2.67 bits per heavy atom. The van der Waals surface area contributed by atoms with Crippen molar-refractivity contribution in [1.29, 1.82) is 0 Å². The number of carbonyl (C=O) groups excluding carboxylic acids is 2.